The first kappa shape index (κ1) is 23.0. The van der Waals surface area contributed by atoms with Crippen molar-refractivity contribution in [2.75, 3.05) is 35.3 Å². The van der Waals surface area contributed by atoms with Crippen LogP contribution in [-0.2, 0) is 11.8 Å². The molecule has 0 unspecified atom stereocenters. The number of carbonyl (C=O) groups is 1. The van der Waals surface area contributed by atoms with E-state index in [-0.39, 0.29) is 11.5 Å². The molecule has 4 aromatic rings. The van der Waals surface area contributed by atoms with E-state index in [1.807, 2.05) is 30.0 Å². The molecule has 0 aliphatic carbocycles. The highest BCUT2D eigenvalue weighted by Crippen LogP contribution is 2.39. The van der Waals surface area contributed by atoms with Crippen molar-refractivity contribution in [3.63, 3.8) is 0 Å². The number of nitrogens with one attached hydrogen (secondary N) is 1. The molecule has 1 aliphatic rings. The maximum Gasteiger partial charge on any atom is 0.275 e. The monoisotopic (exact) mass is 483 g/mol. The zero-order valence-corrected chi connectivity index (χ0v) is 20.2. The first-order chi connectivity index (χ1) is 17.4. The fraction of sp³-hybridized carbons (Fsp3) is 0.192. The first-order valence-corrected chi connectivity index (χ1v) is 11.4. The van der Waals surface area contributed by atoms with Gasteiger partial charge in [0.2, 0.25) is 11.8 Å². The molecule has 1 N–H and O–H groups in total. The standard InChI is InChI=1S/C26H25N7O3/c1-5-22(34)33-12-11-32(19-8-6-7-16(2)23(19)33)20-13-17-15-28-26(30-24(17)31(3)25(20)35)29-18-9-10-27-21(14-18)36-4/h5-10,13-15H,1,11-12H2,2-4H3,(H,27,28,29,30). The van der Waals surface area contributed by atoms with E-state index in [0.29, 0.717) is 47.3 Å². The van der Waals surface area contributed by atoms with Crippen LogP contribution in [0.3, 0.4) is 0 Å². The fourth-order valence-corrected chi connectivity index (χ4v) is 4.44. The summed E-state index contributed by atoms with van der Waals surface area (Å²) in [6, 6.07) is 11.1. The summed E-state index contributed by atoms with van der Waals surface area (Å²) in [5, 5.41) is 3.83. The van der Waals surface area contributed by atoms with Gasteiger partial charge in [-0.15, -0.1) is 0 Å². The zero-order valence-electron chi connectivity index (χ0n) is 20.2. The van der Waals surface area contributed by atoms with Gasteiger partial charge in [0.25, 0.3) is 11.5 Å². The lowest BCUT2D eigenvalue weighted by atomic mass is 10.1. The van der Waals surface area contributed by atoms with E-state index in [2.05, 4.69) is 26.8 Å². The van der Waals surface area contributed by atoms with E-state index in [1.54, 1.807) is 49.7 Å². The molecule has 5 rings (SSSR count). The van der Waals surface area contributed by atoms with E-state index in [4.69, 9.17) is 4.74 Å². The van der Waals surface area contributed by atoms with Crippen molar-refractivity contribution in [2.24, 2.45) is 7.05 Å². The molecule has 3 aromatic heterocycles. The lowest BCUT2D eigenvalue weighted by molar-refractivity contribution is -0.114. The quantitative estimate of drug-likeness (QED) is 0.431. The Morgan fingerprint density at radius 1 is 1.17 bits per heavy atom. The molecule has 0 bridgehead atoms. The van der Waals surface area contributed by atoms with Crippen molar-refractivity contribution in [3.05, 3.63) is 77.4 Å². The first-order valence-electron chi connectivity index (χ1n) is 11.4. The van der Waals surface area contributed by atoms with E-state index >= 15 is 0 Å². The van der Waals surface area contributed by atoms with Gasteiger partial charge in [0.05, 0.1) is 18.5 Å². The van der Waals surface area contributed by atoms with Gasteiger partial charge >= 0.3 is 0 Å². The highest BCUT2D eigenvalue weighted by Gasteiger charge is 2.29. The van der Waals surface area contributed by atoms with Gasteiger partial charge in [0.15, 0.2) is 0 Å². The molecule has 0 saturated carbocycles. The van der Waals surface area contributed by atoms with Gasteiger partial charge in [0.1, 0.15) is 11.3 Å². The predicted octanol–water partition coefficient (Wildman–Crippen LogP) is 3.45. The summed E-state index contributed by atoms with van der Waals surface area (Å²) in [5.74, 6) is 0.635. The molecular weight excluding hydrogens is 458 g/mol. The number of para-hydroxylation sites is 1. The minimum atomic E-state index is -0.200. The molecule has 0 spiro atoms. The van der Waals surface area contributed by atoms with Gasteiger partial charge in [-0.2, -0.15) is 4.98 Å². The van der Waals surface area contributed by atoms with Crippen LogP contribution in [-0.4, -0.2) is 45.6 Å². The van der Waals surface area contributed by atoms with Crippen molar-refractivity contribution in [1.82, 2.24) is 19.5 Å². The second-order valence-corrected chi connectivity index (χ2v) is 8.37. The molecule has 0 radical (unpaired) electrons. The average Bonchev–Trinajstić information content (AvgIpc) is 2.90. The average molecular weight is 484 g/mol. The third-order valence-corrected chi connectivity index (χ3v) is 6.19. The van der Waals surface area contributed by atoms with Gasteiger partial charge in [-0.25, -0.2) is 9.97 Å². The normalized spacial score (nSPS) is 12.9. The Labute approximate surface area is 207 Å². The number of rotatable bonds is 5. The van der Waals surface area contributed by atoms with Crippen LogP contribution in [0.15, 0.2) is 66.2 Å². The second kappa shape index (κ2) is 9.14. The molecule has 0 atom stereocenters. The smallest absolute Gasteiger partial charge is 0.275 e. The molecular formula is C26H25N7O3. The van der Waals surface area contributed by atoms with Crippen LogP contribution in [0.4, 0.5) is 28.7 Å². The topological polar surface area (TPSA) is 105 Å². The zero-order chi connectivity index (χ0) is 25.4. The lowest BCUT2D eigenvalue weighted by Gasteiger charge is -2.38. The highest BCUT2D eigenvalue weighted by molar-refractivity contribution is 6.05. The van der Waals surface area contributed by atoms with E-state index < -0.39 is 0 Å². The second-order valence-electron chi connectivity index (χ2n) is 8.37. The van der Waals surface area contributed by atoms with Crippen molar-refractivity contribution in [3.8, 4) is 5.88 Å². The SMILES string of the molecule is C=CC(=O)N1CCN(c2cc3cnc(Nc4ccnc(OC)c4)nc3n(C)c2=O)c2cccc(C)c21. The number of anilines is 5. The number of carbonyl (C=O) groups excluding carboxylic acids is 1. The van der Waals surface area contributed by atoms with Crippen LogP contribution in [0.2, 0.25) is 0 Å². The summed E-state index contributed by atoms with van der Waals surface area (Å²) >= 11 is 0. The van der Waals surface area contributed by atoms with Crippen molar-refractivity contribution < 1.29 is 9.53 Å². The van der Waals surface area contributed by atoms with Gasteiger partial charge in [-0.1, -0.05) is 18.7 Å². The number of hydrogen-bond acceptors (Lipinski definition) is 8. The summed E-state index contributed by atoms with van der Waals surface area (Å²) in [6.45, 7) is 6.47. The Morgan fingerprint density at radius 2 is 2.00 bits per heavy atom. The van der Waals surface area contributed by atoms with Crippen molar-refractivity contribution >= 4 is 45.6 Å². The Kier molecular flexibility index (Phi) is 5.85. The number of methoxy groups -OCH3 is 1. The minimum Gasteiger partial charge on any atom is -0.481 e. The third kappa shape index (κ3) is 3.92. The van der Waals surface area contributed by atoms with Crippen molar-refractivity contribution in [2.45, 2.75) is 6.92 Å². The molecule has 36 heavy (non-hydrogen) atoms. The maximum atomic E-state index is 13.5. The molecule has 1 amide bonds. The van der Waals surface area contributed by atoms with Crippen LogP contribution < -0.4 is 25.4 Å². The number of benzene rings is 1. The number of aromatic nitrogens is 4. The third-order valence-electron chi connectivity index (χ3n) is 6.19. The van der Waals surface area contributed by atoms with E-state index in [0.717, 1.165) is 16.9 Å². The predicted molar refractivity (Wildman–Crippen MR) is 140 cm³/mol. The molecule has 10 nitrogen and oxygen atoms in total. The summed E-state index contributed by atoms with van der Waals surface area (Å²) in [6.07, 6.45) is 4.61. The summed E-state index contributed by atoms with van der Waals surface area (Å²) in [4.78, 5) is 42.8. The summed E-state index contributed by atoms with van der Waals surface area (Å²) < 4.78 is 6.67. The van der Waals surface area contributed by atoms with Crippen LogP contribution in [0.5, 0.6) is 5.88 Å². The fourth-order valence-electron chi connectivity index (χ4n) is 4.44. The summed E-state index contributed by atoms with van der Waals surface area (Å²) in [7, 11) is 3.23. The van der Waals surface area contributed by atoms with E-state index in [1.165, 1.54) is 10.6 Å². The van der Waals surface area contributed by atoms with E-state index in [9.17, 15) is 9.59 Å². The molecule has 0 fully saturated rings. The Morgan fingerprint density at radius 3 is 2.78 bits per heavy atom. The van der Waals surface area contributed by atoms with Gasteiger partial charge < -0.3 is 19.9 Å². The molecule has 4 heterocycles. The van der Waals surface area contributed by atoms with Gasteiger partial charge in [-0.3, -0.25) is 14.2 Å². The van der Waals surface area contributed by atoms with Gasteiger partial charge in [0, 0.05) is 49.7 Å². The number of pyridine rings is 2. The maximum absolute atomic E-state index is 13.5. The Hall–Kier alpha value is -4.73. The Balaban J connectivity index is 1.56. The van der Waals surface area contributed by atoms with Gasteiger partial charge in [-0.05, 0) is 36.8 Å². The number of amides is 1. The van der Waals surface area contributed by atoms with Crippen LogP contribution in [0, 0.1) is 6.92 Å². The van der Waals surface area contributed by atoms with Crippen LogP contribution >= 0.6 is 0 Å². The summed E-state index contributed by atoms with van der Waals surface area (Å²) in [5.41, 5.74) is 4.00. The number of hydrogen-bond donors (Lipinski definition) is 1. The van der Waals surface area contributed by atoms with Crippen LogP contribution in [0.25, 0.3) is 11.0 Å². The molecule has 1 aromatic carbocycles. The lowest BCUT2D eigenvalue weighted by Crippen LogP contribution is -2.43. The largest absolute Gasteiger partial charge is 0.481 e. The highest BCUT2D eigenvalue weighted by atomic mass is 16.5. The molecule has 10 heteroatoms. The number of ether oxygens (including phenoxy) is 1. The molecule has 1 aliphatic heterocycles. The Bertz CT molecular complexity index is 1560. The van der Waals surface area contributed by atoms with Crippen molar-refractivity contribution in [1.29, 1.82) is 0 Å². The molecule has 182 valence electrons. The minimum absolute atomic E-state index is 0.170. The number of fused-ring (bicyclic) bond motifs is 2. The number of nitrogens with zero attached hydrogens (tertiary/aromatic N) is 6. The number of aryl methyl sites for hydroxylation is 2. The van der Waals surface area contributed by atoms with Crippen LogP contribution in [0.1, 0.15) is 5.56 Å². The molecule has 0 saturated heterocycles.